The van der Waals surface area contributed by atoms with E-state index in [-0.39, 0.29) is 11.5 Å². The summed E-state index contributed by atoms with van der Waals surface area (Å²) in [6.07, 6.45) is 4.15. The van der Waals surface area contributed by atoms with Crippen LogP contribution in [0, 0.1) is 0 Å². The lowest BCUT2D eigenvalue weighted by atomic mass is 10.1. The van der Waals surface area contributed by atoms with Crippen molar-refractivity contribution in [2.24, 2.45) is 0 Å². The third-order valence-corrected chi connectivity index (χ3v) is 3.29. The Balaban J connectivity index is 1.81. The number of tetrazole rings is 1. The van der Waals surface area contributed by atoms with Crippen LogP contribution in [-0.2, 0) is 0 Å². The van der Waals surface area contributed by atoms with Gasteiger partial charge in [-0.1, -0.05) is 30.3 Å². The van der Waals surface area contributed by atoms with Gasteiger partial charge in [0.25, 0.3) is 0 Å². The van der Waals surface area contributed by atoms with Crippen molar-refractivity contribution in [3.05, 3.63) is 72.1 Å². The van der Waals surface area contributed by atoms with Gasteiger partial charge in [0, 0.05) is 11.1 Å². The lowest BCUT2D eigenvalue weighted by molar-refractivity contribution is -0.0499. The van der Waals surface area contributed by atoms with Crippen molar-refractivity contribution in [1.29, 1.82) is 0 Å². The van der Waals surface area contributed by atoms with Gasteiger partial charge in [-0.25, -0.2) is 4.68 Å². The fourth-order valence-electron chi connectivity index (χ4n) is 2.16. The van der Waals surface area contributed by atoms with Gasteiger partial charge in [-0.2, -0.15) is 8.78 Å². The zero-order chi connectivity index (χ0) is 17.6. The normalized spacial score (nSPS) is 11.2. The van der Waals surface area contributed by atoms with E-state index in [0.717, 1.165) is 0 Å². The molecule has 0 amide bonds. The standard InChI is InChI=1S/C17H12F2N4O2/c18-17(19)25-16-7-2-1-4-12(16)8-9-15(24)13-5-3-6-14(10-13)23-11-20-21-22-23/h1-11,17H/b9-8+. The number of rotatable bonds is 6. The average molecular weight is 342 g/mol. The minimum atomic E-state index is -2.93. The SMILES string of the molecule is O=C(/C=C/c1ccccc1OC(F)F)c1cccc(-n2cnnn2)c1. The Hall–Kier alpha value is -3.42. The van der Waals surface area contributed by atoms with Crippen LogP contribution in [0.1, 0.15) is 15.9 Å². The van der Waals surface area contributed by atoms with E-state index < -0.39 is 6.61 Å². The van der Waals surface area contributed by atoms with Crippen LogP contribution >= 0.6 is 0 Å². The first kappa shape index (κ1) is 16.4. The van der Waals surface area contributed by atoms with Gasteiger partial charge in [-0.3, -0.25) is 4.79 Å². The maximum Gasteiger partial charge on any atom is 0.387 e. The second-order valence-corrected chi connectivity index (χ2v) is 4.92. The third kappa shape index (κ3) is 4.11. The summed E-state index contributed by atoms with van der Waals surface area (Å²) < 4.78 is 30.7. The topological polar surface area (TPSA) is 69.9 Å². The minimum absolute atomic E-state index is 0.00369. The van der Waals surface area contributed by atoms with Crippen LogP contribution in [0.15, 0.2) is 60.9 Å². The number of carbonyl (C=O) groups is 1. The molecule has 25 heavy (non-hydrogen) atoms. The molecule has 3 rings (SSSR count). The molecular weight excluding hydrogens is 330 g/mol. The van der Waals surface area contributed by atoms with Crippen LogP contribution in [0.25, 0.3) is 11.8 Å². The molecule has 0 unspecified atom stereocenters. The van der Waals surface area contributed by atoms with Crippen LogP contribution in [0.4, 0.5) is 8.78 Å². The Bertz CT molecular complexity index is 895. The highest BCUT2D eigenvalue weighted by atomic mass is 19.3. The van der Waals surface area contributed by atoms with E-state index in [1.807, 2.05) is 0 Å². The molecule has 0 aliphatic rings. The van der Waals surface area contributed by atoms with E-state index in [1.54, 1.807) is 42.5 Å². The van der Waals surface area contributed by atoms with Crippen LogP contribution < -0.4 is 4.74 Å². The Morgan fingerprint density at radius 2 is 2.00 bits per heavy atom. The van der Waals surface area contributed by atoms with E-state index in [0.29, 0.717) is 16.8 Å². The lowest BCUT2D eigenvalue weighted by Gasteiger charge is -2.07. The van der Waals surface area contributed by atoms with Gasteiger partial charge < -0.3 is 4.74 Å². The largest absolute Gasteiger partial charge is 0.434 e. The molecule has 0 aliphatic heterocycles. The summed E-state index contributed by atoms with van der Waals surface area (Å²) in [5.41, 5.74) is 1.43. The van der Waals surface area contributed by atoms with E-state index in [2.05, 4.69) is 20.3 Å². The number of alkyl halides is 2. The van der Waals surface area contributed by atoms with Crippen LogP contribution in [0.3, 0.4) is 0 Å². The van der Waals surface area contributed by atoms with Crippen molar-refractivity contribution in [3.8, 4) is 11.4 Å². The molecule has 1 aromatic heterocycles. The van der Waals surface area contributed by atoms with Gasteiger partial charge in [-0.15, -0.1) is 5.10 Å². The number of nitrogens with zero attached hydrogens (tertiary/aromatic N) is 4. The van der Waals surface area contributed by atoms with E-state index in [9.17, 15) is 13.6 Å². The number of hydrogen-bond donors (Lipinski definition) is 0. The van der Waals surface area contributed by atoms with Gasteiger partial charge in [0.2, 0.25) is 0 Å². The molecule has 0 atom stereocenters. The number of ether oxygens (including phenoxy) is 1. The fraction of sp³-hybridized carbons (Fsp3) is 0.0588. The maximum atomic E-state index is 12.4. The highest BCUT2D eigenvalue weighted by molar-refractivity contribution is 6.07. The minimum Gasteiger partial charge on any atom is -0.434 e. The van der Waals surface area contributed by atoms with Crippen molar-refractivity contribution in [2.45, 2.75) is 6.61 Å². The molecule has 0 saturated heterocycles. The van der Waals surface area contributed by atoms with Gasteiger partial charge in [0.05, 0.1) is 5.69 Å². The first-order valence-corrected chi connectivity index (χ1v) is 7.23. The van der Waals surface area contributed by atoms with Crippen molar-refractivity contribution >= 4 is 11.9 Å². The molecule has 0 radical (unpaired) electrons. The van der Waals surface area contributed by atoms with Gasteiger partial charge in [0.1, 0.15) is 12.1 Å². The van der Waals surface area contributed by atoms with E-state index >= 15 is 0 Å². The first-order valence-electron chi connectivity index (χ1n) is 7.23. The molecule has 0 aliphatic carbocycles. The van der Waals surface area contributed by atoms with Crippen molar-refractivity contribution in [1.82, 2.24) is 20.2 Å². The average Bonchev–Trinajstić information content (AvgIpc) is 3.15. The number of hydrogen-bond acceptors (Lipinski definition) is 5. The Kier molecular flexibility index (Phi) is 4.89. The molecule has 0 spiro atoms. The molecule has 2 aromatic carbocycles. The summed E-state index contributed by atoms with van der Waals surface area (Å²) >= 11 is 0. The molecule has 3 aromatic rings. The summed E-state index contributed by atoms with van der Waals surface area (Å²) in [5.74, 6) is -0.286. The van der Waals surface area contributed by atoms with Crippen molar-refractivity contribution in [2.75, 3.05) is 0 Å². The van der Waals surface area contributed by atoms with E-state index in [4.69, 9.17) is 0 Å². The molecular formula is C17H12F2N4O2. The number of allylic oxidation sites excluding steroid dienone is 1. The Morgan fingerprint density at radius 1 is 1.16 bits per heavy atom. The Morgan fingerprint density at radius 3 is 2.76 bits per heavy atom. The molecule has 6 nitrogen and oxygen atoms in total. The number of aromatic nitrogens is 4. The number of ketones is 1. The Labute approximate surface area is 141 Å². The second-order valence-electron chi connectivity index (χ2n) is 4.92. The monoisotopic (exact) mass is 342 g/mol. The van der Waals surface area contributed by atoms with Gasteiger partial charge >= 0.3 is 6.61 Å². The number of halogens is 2. The molecule has 0 fully saturated rings. The molecule has 126 valence electrons. The summed E-state index contributed by atoms with van der Waals surface area (Å²) in [6, 6.07) is 13.0. The first-order chi connectivity index (χ1) is 12.1. The molecule has 0 bridgehead atoms. The van der Waals surface area contributed by atoms with Crippen LogP contribution in [-0.4, -0.2) is 32.6 Å². The quantitative estimate of drug-likeness (QED) is 0.508. The zero-order valence-corrected chi connectivity index (χ0v) is 12.8. The second kappa shape index (κ2) is 7.43. The predicted octanol–water partition coefficient (Wildman–Crippen LogP) is 3.16. The number of carbonyl (C=O) groups excluding carboxylic acids is 1. The smallest absolute Gasteiger partial charge is 0.387 e. The fourth-order valence-corrected chi connectivity index (χ4v) is 2.16. The van der Waals surface area contributed by atoms with Crippen LogP contribution in [0.2, 0.25) is 0 Å². The van der Waals surface area contributed by atoms with Gasteiger partial charge in [0.15, 0.2) is 5.78 Å². The van der Waals surface area contributed by atoms with Gasteiger partial charge in [-0.05, 0) is 40.8 Å². The molecule has 0 N–H and O–H groups in total. The molecule has 0 saturated carbocycles. The highest BCUT2D eigenvalue weighted by Gasteiger charge is 2.08. The van der Waals surface area contributed by atoms with Crippen molar-refractivity contribution < 1.29 is 18.3 Å². The molecule has 1 heterocycles. The van der Waals surface area contributed by atoms with E-state index in [1.165, 1.54) is 29.2 Å². The zero-order valence-electron chi connectivity index (χ0n) is 12.8. The summed E-state index contributed by atoms with van der Waals surface area (Å²) in [6.45, 7) is -2.93. The molecule has 8 heteroatoms. The van der Waals surface area contributed by atoms with Crippen molar-refractivity contribution in [3.63, 3.8) is 0 Å². The maximum absolute atomic E-state index is 12.4. The number of para-hydroxylation sites is 1. The summed E-state index contributed by atoms with van der Waals surface area (Å²) in [7, 11) is 0. The lowest BCUT2D eigenvalue weighted by Crippen LogP contribution is -2.03. The summed E-state index contributed by atoms with van der Waals surface area (Å²) in [4.78, 5) is 12.3. The predicted molar refractivity (Wildman–Crippen MR) is 85.6 cm³/mol. The number of benzene rings is 2. The third-order valence-electron chi connectivity index (χ3n) is 3.29. The highest BCUT2D eigenvalue weighted by Crippen LogP contribution is 2.22. The summed E-state index contributed by atoms with van der Waals surface area (Å²) in [5, 5.41) is 10.8. The van der Waals surface area contributed by atoms with Crippen LogP contribution in [0.5, 0.6) is 5.75 Å².